The van der Waals surface area contributed by atoms with Crippen LogP contribution >= 0.6 is 11.5 Å². The predicted octanol–water partition coefficient (Wildman–Crippen LogP) is 1.26. The molecular weight excluding hydrogens is 162 g/mol. The van der Waals surface area contributed by atoms with E-state index in [2.05, 4.69) is 4.37 Å². The van der Waals surface area contributed by atoms with Crippen molar-refractivity contribution in [3.8, 4) is 0 Å². The minimum atomic E-state index is -0.707. The van der Waals surface area contributed by atoms with E-state index >= 15 is 0 Å². The van der Waals surface area contributed by atoms with Gasteiger partial charge in [-0.1, -0.05) is 0 Å². The second-order valence-electron chi connectivity index (χ2n) is 2.76. The number of aromatic nitrogens is 1. The molecule has 0 atom stereocenters. The van der Waals surface area contributed by atoms with Crippen molar-refractivity contribution in [3.05, 3.63) is 17.1 Å². The zero-order chi connectivity index (χ0) is 7.90. The zero-order valence-electron chi connectivity index (χ0n) is 5.78. The molecule has 1 aromatic heterocycles. The average molecular weight is 169 g/mol. The van der Waals surface area contributed by atoms with Gasteiger partial charge in [0.25, 0.3) is 0 Å². The third kappa shape index (κ3) is 0.860. The number of rotatable bonds is 2. The molecule has 1 saturated carbocycles. The topological polar surface area (TPSA) is 50.2 Å². The maximum atomic E-state index is 10.8. The summed E-state index contributed by atoms with van der Waals surface area (Å²) in [5, 5.41) is 8.85. The third-order valence-electron chi connectivity index (χ3n) is 2.07. The molecule has 1 aromatic rings. The van der Waals surface area contributed by atoms with Gasteiger partial charge in [0.05, 0.1) is 0 Å². The van der Waals surface area contributed by atoms with E-state index in [1.807, 2.05) is 0 Å². The number of hydrogen-bond donors (Lipinski definition) is 1. The Bertz CT molecular complexity index is 277. The van der Waals surface area contributed by atoms with Gasteiger partial charge >= 0.3 is 5.97 Å². The van der Waals surface area contributed by atoms with Crippen LogP contribution in [0.5, 0.6) is 0 Å². The van der Waals surface area contributed by atoms with E-state index < -0.39 is 11.4 Å². The van der Waals surface area contributed by atoms with Gasteiger partial charge in [0, 0.05) is 11.1 Å². The summed E-state index contributed by atoms with van der Waals surface area (Å²) in [7, 11) is 0. The second-order valence-corrected chi connectivity index (χ2v) is 3.60. The highest BCUT2D eigenvalue weighted by molar-refractivity contribution is 7.06. The molecule has 0 saturated heterocycles. The van der Waals surface area contributed by atoms with Crippen molar-refractivity contribution in [2.24, 2.45) is 0 Å². The molecule has 0 spiro atoms. The molecule has 58 valence electrons. The summed E-state index contributed by atoms with van der Waals surface area (Å²) in [6, 6.07) is 1.80. The highest BCUT2D eigenvalue weighted by Crippen LogP contribution is 2.49. The number of carboxylic acids is 1. The average Bonchev–Trinajstić information content (AvgIpc) is 2.61. The molecule has 3 nitrogen and oxygen atoms in total. The summed E-state index contributed by atoms with van der Waals surface area (Å²) in [5.41, 5.74) is -0.554. The van der Waals surface area contributed by atoms with Gasteiger partial charge < -0.3 is 5.11 Å². The van der Waals surface area contributed by atoms with Crippen molar-refractivity contribution >= 4 is 17.5 Å². The van der Waals surface area contributed by atoms with Gasteiger partial charge in [-0.3, -0.25) is 4.79 Å². The Kier molecular flexibility index (Phi) is 1.26. The van der Waals surface area contributed by atoms with Crippen LogP contribution in [0.3, 0.4) is 0 Å². The van der Waals surface area contributed by atoms with E-state index in [9.17, 15) is 4.79 Å². The van der Waals surface area contributed by atoms with E-state index in [0.717, 1.165) is 17.7 Å². The molecule has 1 heterocycles. The number of carbonyl (C=O) groups is 1. The molecule has 0 amide bonds. The van der Waals surface area contributed by atoms with Gasteiger partial charge in [0.2, 0.25) is 0 Å². The van der Waals surface area contributed by atoms with Gasteiger partial charge in [-0.15, -0.1) is 0 Å². The van der Waals surface area contributed by atoms with Crippen LogP contribution in [0.2, 0.25) is 0 Å². The number of hydrogen-bond acceptors (Lipinski definition) is 3. The molecular formula is C7H7NO2S. The lowest BCUT2D eigenvalue weighted by Gasteiger charge is -2.03. The van der Waals surface area contributed by atoms with E-state index in [1.165, 1.54) is 11.5 Å². The molecule has 0 aromatic carbocycles. The van der Waals surface area contributed by atoms with Crippen LogP contribution in [0, 0.1) is 0 Å². The van der Waals surface area contributed by atoms with E-state index in [-0.39, 0.29) is 0 Å². The quantitative estimate of drug-likeness (QED) is 0.725. The fraction of sp³-hybridized carbons (Fsp3) is 0.429. The summed E-state index contributed by atoms with van der Waals surface area (Å²) in [6.45, 7) is 0. The Labute approximate surface area is 67.8 Å². The van der Waals surface area contributed by atoms with Gasteiger partial charge in [-0.25, -0.2) is 4.37 Å². The lowest BCUT2D eigenvalue weighted by molar-refractivity contribution is -0.139. The Balaban J connectivity index is 2.36. The summed E-state index contributed by atoms with van der Waals surface area (Å²) in [4.78, 5) is 11.7. The summed E-state index contributed by atoms with van der Waals surface area (Å²) in [5.74, 6) is -0.707. The molecule has 0 radical (unpaired) electrons. The SMILES string of the molecule is O=C(O)C1(c2ccns2)CC1. The van der Waals surface area contributed by atoms with Crippen LogP contribution in [0.15, 0.2) is 12.3 Å². The zero-order valence-corrected chi connectivity index (χ0v) is 6.60. The molecule has 11 heavy (non-hydrogen) atoms. The number of carboxylic acid groups (broad SMARTS) is 1. The van der Waals surface area contributed by atoms with Crippen LogP contribution in [0.1, 0.15) is 17.7 Å². The molecule has 1 aliphatic rings. The molecule has 0 unspecified atom stereocenters. The van der Waals surface area contributed by atoms with Crippen molar-refractivity contribution in [1.82, 2.24) is 4.37 Å². The van der Waals surface area contributed by atoms with Crippen molar-refractivity contribution in [2.75, 3.05) is 0 Å². The first-order valence-electron chi connectivity index (χ1n) is 3.40. The summed E-state index contributed by atoms with van der Waals surface area (Å²) >= 11 is 1.29. The maximum absolute atomic E-state index is 10.8. The minimum Gasteiger partial charge on any atom is -0.481 e. The monoisotopic (exact) mass is 169 g/mol. The van der Waals surface area contributed by atoms with Gasteiger partial charge in [0.15, 0.2) is 0 Å². The standard InChI is InChI=1S/C7H7NO2S/c9-6(10)7(2-3-7)5-1-4-8-11-5/h1,4H,2-3H2,(H,9,10). The lowest BCUT2D eigenvalue weighted by atomic mass is 10.1. The molecule has 1 N–H and O–H groups in total. The van der Waals surface area contributed by atoms with Crippen LogP contribution in [-0.2, 0) is 10.2 Å². The largest absolute Gasteiger partial charge is 0.481 e. The minimum absolute atomic E-state index is 0.554. The smallest absolute Gasteiger partial charge is 0.315 e. The van der Waals surface area contributed by atoms with E-state index in [0.29, 0.717) is 0 Å². The van der Waals surface area contributed by atoms with Gasteiger partial charge in [0.1, 0.15) is 5.41 Å². The fourth-order valence-electron chi connectivity index (χ4n) is 1.15. The Hall–Kier alpha value is -0.900. The molecule has 4 heteroatoms. The van der Waals surface area contributed by atoms with Crippen LogP contribution in [0.25, 0.3) is 0 Å². The van der Waals surface area contributed by atoms with Crippen molar-refractivity contribution in [1.29, 1.82) is 0 Å². The number of nitrogens with zero attached hydrogens (tertiary/aromatic N) is 1. The first-order chi connectivity index (χ1) is 5.26. The molecule has 1 aliphatic carbocycles. The Morgan fingerprint density at radius 2 is 2.45 bits per heavy atom. The van der Waals surface area contributed by atoms with E-state index in [4.69, 9.17) is 5.11 Å². The first-order valence-corrected chi connectivity index (χ1v) is 4.18. The molecule has 0 bridgehead atoms. The first kappa shape index (κ1) is 6.79. The van der Waals surface area contributed by atoms with Gasteiger partial charge in [-0.2, -0.15) is 0 Å². The Morgan fingerprint density at radius 3 is 2.82 bits per heavy atom. The summed E-state index contributed by atoms with van der Waals surface area (Å²) in [6.07, 6.45) is 3.19. The van der Waals surface area contributed by atoms with Crippen LogP contribution in [0.4, 0.5) is 0 Å². The van der Waals surface area contributed by atoms with Crippen molar-refractivity contribution in [3.63, 3.8) is 0 Å². The predicted molar refractivity (Wildman–Crippen MR) is 40.7 cm³/mol. The molecule has 0 aliphatic heterocycles. The van der Waals surface area contributed by atoms with Gasteiger partial charge in [-0.05, 0) is 30.4 Å². The maximum Gasteiger partial charge on any atom is 0.315 e. The van der Waals surface area contributed by atoms with Crippen LogP contribution in [-0.4, -0.2) is 15.4 Å². The highest BCUT2D eigenvalue weighted by Gasteiger charge is 2.52. The number of aliphatic carboxylic acids is 1. The second kappa shape index (κ2) is 2.04. The fourth-order valence-corrected chi connectivity index (χ4v) is 1.98. The normalized spacial score (nSPS) is 19.6. The third-order valence-corrected chi connectivity index (χ3v) is 3.02. The lowest BCUT2D eigenvalue weighted by Crippen LogP contribution is -2.17. The molecule has 1 fully saturated rings. The van der Waals surface area contributed by atoms with Crippen molar-refractivity contribution in [2.45, 2.75) is 18.3 Å². The Morgan fingerprint density at radius 1 is 1.73 bits per heavy atom. The summed E-state index contributed by atoms with van der Waals surface area (Å²) < 4.78 is 3.89. The molecule has 2 rings (SSSR count). The van der Waals surface area contributed by atoms with Crippen LogP contribution < -0.4 is 0 Å². The van der Waals surface area contributed by atoms with E-state index in [1.54, 1.807) is 12.3 Å². The highest BCUT2D eigenvalue weighted by atomic mass is 32.1. The van der Waals surface area contributed by atoms with Crippen molar-refractivity contribution < 1.29 is 9.90 Å².